The van der Waals surface area contributed by atoms with Gasteiger partial charge in [0.1, 0.15) is 5.82 Å². The standard InChI is InChI=1S/C20H31N3O3S/c24-20(11-14-27(25,26)18-7-3-4-8-18)22-16-17-9-10-19(21-15-17)23-12-5-1-2-6-13-23/h9-10,15,18H,1-8,11-14,16H2,(H,22,24). The zero-order chi connectivity index (χ0) is 19.1. The third kappa shape index (κ3) is 5.92. The lowest BCUT2D eigenvalue weighted by atomic mass is 10.2. The maximum Gasteiger partial charge on any atom is 0.221 e. The van der Waals surface area contributed by atoms with Crippen molar-refractivity contribution in [2.24, 2.45) is 0 Å². The van der Waals surface area contributed by atoms with Crippen LogP contribution in [0.15, 0.2) is 18.3 Å². The van der Waals surface area contributed by atoms with Crippen molar-refractivity contribution in [2.75, 3.05) is 23.7 Å². The highest BCUT2D eigenvalue weighted by atomic mass is 32.2. The van der Waals surface area contributed by atoms with Crippen molar-refractivity contribution in [1.29, 1.82) is 0 Å². The molecule has 0 bridgehead atoms. The fourth-order valence-electron chi connectivity index (χ4n) is 3.95. The van der Waals surface area contributed by atoms with Gasteiger partial charge < -0.3 is 10.2 Å². The molecule has 2 fully saturated rings. The third-order valence-electron chi connectivity index (χ3n) is 5.65. The van der Waals surface area contributed by atoms with Crippen molar-refractivity contribution >= 4 is 21.6 Å². The first kappa shape index (κ1) is 20.1. The maximum atomic E-state index is 12.2. The molecule has 2 aliphatic rings. The molecule has 0 radical (unpaired) electrons. The Balaban J connectivity index is 1.43. The molecule has 1 aromatic heterocycles. The molecule has 0 aromatic carbocycles. The van der Waals surface area contributed by atoms with Gasteiger partial charge in [-0.1, -0.05) is 31.7 Å². The molecule has 0 atom stereocenters. The number of anilines is 1. The van der Waals surface area contributed by atoms with Gasteiger partial charge in [0.15, 0.2) is 9.84 Å². The van der Waals surface area contributed by atoms with Crippen LogP contribution in [0.2, 0.25) is 0 Å². The molecule has 3 rings (SSSR count). The number of sulfone groups is 1. The molecule has 1 amide bonds. The normalized spacial score (nSPS) is 19.0. The topological polar surface area (TPSA) is 79.4 Å². The van der Waals surface area contributed by atoms with Crippen molar-refractivity contribution < 1.29 is 13.2 Å². The maximum absolute atomic E-state index is 12.2. The van der Waals surface area contributed by atoms with Crippen LogP contribution in [-0.2, 0) is 21.2 Å². The molecule has 27 heavy (non-hydrogen) atoms. The van der Waals surface area contributed by atoms with Crippen LogP contribution in [0, 0.1) is 0 Å². The molecule has 2 heterocycles. The van der Waals surface area contributed by atoms with Crippen molar-refractivity contribution in [3.8, 4) is 0 Å². The third-order valence-corrected chi connectivity index (χ3v) is 7.91. The minimum Gasteiger partial charge on any atom is -0.357 e. The number of nitrogens with zero attached hydrogens (tertiary/aromatic N) is 2. The van der Waals surface area contributed by atoms with Crippen LogP contribution >= 0.6 is 0 Å². The largest absolute Gasteiger partial charge is 0.357 e. The van der Waals surface area contributed by atoms with Gasteiger partial charge in [0.05, 0.1) is 11.0 Å². The summed E-state index contributed by atoms with van der Waals surface area (Å²) in [5.74, 6) is 0.734. The molecule has 1 N–H and O–H groups in total. The lowest BCUT2D eigenvalue weighted by Crippen LogP contribution is -2.28. The number of carbonyl (C=O) groups excluding carboxylic acids is 1. The molecule has 1 aliphatic carbocycles. The van der Waals surface area contributed by atoms with Gasteiger partial charge in [-0.05, 0) is 37.3 Å². The van der Waals surface area contributed by atoms with Crippen LogP contribution in [0.1, 0.15) is 63.4 Å². The lowest BCUT2D eigenvalue weighted by Gasteiger charge is -2.21. The summed E-state index contributed by atoms with van der Waals surface area (Å²) in [6.07, 6.45) is 10.3. The molecule has 7 heteroatoms. The molecule has 1 aromatic rings. The van der Waals surface area contributed by atoms with Crippen LogP contribution in [0.3, 0.4) is 0 Å². The van der Waals surface area contributed by atoms with E-state index in [0.717, 1.165) is 50.2 Å². The smallest absolute Gasteiger partial charge is 0.221 e. The zero-order valence-electron chi connectivity index (χ0n) is 16.0. The number of carbonyl (C=O) groups is 1. The van der Waals surface area contributed by atoms with Crippen LogP contribution in [0.25, 0.3) is 0 Å². The van der Waals surface area contributed by atoms with E-state index in [4.69, 9.17) is 0 Å². The molecule has 1 aliphatic heterocycles. The number of nitrogens with one attached hydrogen (secondary N) is 1. The molecule has 1 saturated heterocycles. The highest BCUT2D eigenvalue weighted by Gasteiger charge is 2.28. The average molecular weight is 394 g/mol. The number of amides is 1. The minimum atomic E-state index is -3.14. The van der Waals surface area contributed by atoms with Gasteiger partial charge in [-0.3, -0.25) is 4.79 Å². The van der Waals surface area contributed by atoms with Crippen LogP contribution < -0.4 is 10.2 Å². The van der Waals surface area contributed by atoms with E-state index in [-0.39, 0.29) is 23.3 Å². The highest BCUT2D eigenvalue weighted by Crippen LogP contribution is 2.25. The molecular weight excluding hydrogens is 362 g/mol. The van der Waals surface area contributed by atoms with Gasteiger partial charge in [0.25, 0.3) is 0 Å². The SMILES string of the molecule is O=C(CCS(=O)(=O)C1CCCC1)NCc1ccc(N2CCCCCC2)nc1. The summed E-state index contributed by atoms with van der Waals surface area (Å²) in [6.45, 7) is 2.49. The monoisotopic (exact) mass is 393 g/mol. The van der Waals surface area contributed by atoms with E-state index in [1.54, 1.807) is 6.20 Å². The molecule has 6 nitrogen and oxygen atoms in total. The van der Waals surface area contributed by atoms with Crippen molar-refractivity contribution in [3.63, 3.8) is 0 Å². The first-order valence-electron chi connectivity index (χ1n) is 10.2. The Labute approximate surface area is 162 Å². The van der Waals surface area contributed by atoms with E-state index in [2.05, 4.69) is 15.2 Å². The lowest BCUT2D eigenvalue weighted by molar-refractivity contribution is -0.120. The summed E-state index contributed by atoms with van der Waals surface area (Å²) in [4.78, 5) is 18.9. The predicted molar refractivity (Wildman–Crippen MR) is 107 cm³/mol. The first-order valence-corrected chi connectivity index (χ1v) is 11.9. The first-order chi connectivity index (χ1) is 13.0. The molecule has 0 spiro atoms. The second-order valence-corrected chi connectivity index (χ2v) is 10.1. The summed E-state index contributed by atoms with van der Waals surface area (Å²) in [5, 5.41) is 2.58. The van der Waals surface area contributed by atoms with Crippen LogP contribution in [-0.4, -0.2) is 43.4 Å². The van der Waals surface area contributed by atoms with Crippen molar-refractivity contribution in [2.45, 2.75) is 69.6 Å². The number of rotatable bonds is 7. The quantitative estimate of drug-likeness (QED) is 0.771. The van der Waals surface area contributed by atoms with E-state index >= 15 is 0 Å². The second-order valence-electron chi connectivity index (χ2n) is 7.73. The van der Waals surface area contributed by atoms with Gasteiger partial charge in [-0.15, -0.1) is 0 Å². The van der Waals surface area contributed by atoms with Gasteiger partial charge >= 0.3 is 0 Å². The highest BCUT2D eigenvalue weighted by molar-refractivity contribution is 7.92. The Bertz CT molecular complexity index is 704. The fraction of sp³-hybridized carbons (Fsp3) is 0.700. The summed E-state index contributed by atoms with van der Waals surface area (Å²) in [6, 6.07) is 4.00. The van der Waals surface area contributed by atoms with Crippen molar-refractivity contribution in [3.05, 3.63) is 23.9 Å². The predicted octanol–water partition coefficient (Wildman–Crippen LogP) is 2.83. The Morgan fingerprint density at radius 3 is 2.41 bits per heavy atom. The number of aromatic nitrogens is 1. The van der Waals surface area contributed by atoms with Gasteiger partial charge in [-0.25, -0.2) is 13.4 Å². The van der Waals surface area contributed by atoms with Gasteiger partial charge in [0, 0.05) is 32.3 Å². The zero-order valence-corrected chi connectivity index (χ0v) is 16.8. The Hall–Kier alpha value is -1.63. The second kappa shape index (κ2) is 9.53. The minimum absolute atomic E-state index is 0.0398. The number of pyridine rings is 1. The average Bonchev–Trinajstić information content (AvgIpc) is 3.10. The number of hydrogen-bond donors (Lipinski definition) is 1. The Morgan fingerprint density at radius 1 is 1.07 bits per heavy atom. The van der Waals surface area contributed by atoms with E-state index in [9.17, 15) is 13.2 Å². The molecule has 150 valence electrons. The summed E-state index contributed by atoms with van der Waals surface area (Å²) < 4.78 is 24.5. The molecule has 1 saturated carbocycles. The van der Waals surface area contributed by atoms with E-state index in [0.29, 0.717) is 6.54 Å². The van der Waals surface area contributed by atoms with Crippen molar-refractivity contribution in [1.82, 2.24) is 10.3 Å². The van der Waals surface area contributed by atoms with Crippen LogP contribution in [0.4, 0.5) is 5.82 Å². The van der Waals surface area contributed by atoms with Crippen LogP contribution in [0.5, 0.6) is 0 Å². The van der Waals surface area contributed by atoms with Gasteiger partial charge in [0.2, 0.25) is 5.91 Å². The fourth-order valence-corrected chi connectivity index (χ4v) is 5.80. The molecular formula is C20H31N3O3S. The van der Waals surface area contributed by atoms with Gasteiger partial charge in [-0.2, -0.15) is 0 Å². The summed E-state index contributed by atoms with van der Waals surface area (Å²) >= 11 is 0. The van der Waals surface area contributed by atoms with E-state index < -0.39 is 9.84 Å². The Kier molecular flexibility index (Phi) is 7.10. The van der Waals surface area contributed by atoms with E-state index in [1.165, 1.54) is 25.7 Å². The summed E-state index contributed by atoms with van der Waals surface area (Å²) in [5.41, 5.74) is 0.931. The Morgan fingerprint density at radius 2 is 1.78 bits per heavy atom. The van der Waals surface area contributed by atoms with E-state index in [1.807, 2.05) is 12.1 Å². The number of hydrogen-bond acceptors (Lipinski definition) is 5. The molecule has 0 unspecified atom stereocenters. The summed E-state index contributed by atoms with van der Waals surface area (Å²) in [7, 11) is -3.14.